The fourth-order valence-electron chi connectivity index (χ4n) is 2.49. The van der Waals surface area contributed by atoms with Crippen LogP contribution in [0.15, 0.2) is 24.9 Å². The van der Waals surface area contributed by atoms with Crippen molar-refractivity contribution in [2.24, 2.45) is 5.92 Å². The topological polar surface area (TPSA) is 56.6 Å². The number of carbonyl (C=O) groups is 1. The summed E-state index contributed by atoms with van der Waals surface area (Å²) in [7, 11) is 1.61. The van der Waals surface area contributed by atoms with Crippen LogP contribution in [0.3, 0.4) is 0 Å². The van der Waals surface area contributed by atoms with Crippen molar-refractivity contribution >= 4 is 5.91 Å². The molecule has 0 fully saturated rings. The molecule has 1 aliphatic rings. The Kier molecular flexibility index (Phi) is 5.95. The Bertz CT molecular complexity index is 472. The van der Waals surface area contributed by atoms with Crippen molar-refractivity contribution in [3.63, 3.8) is 0 Å². The summed E-state index contributed by atoms with van der Waals surface area (Å²) >= 11 is 0. The third-order valence-electron chi connectivity index (χ3n) is 3.53. The highest BCUT2D eigenvalue weighted by Gasteiger charge is 2.25. The summed E-state index contributed by atoms with van der Waals surface area (Å²) in [6.07, 6.45) is 3.92. The van der Waals surface area contributed by atoms with Gasteiger partial charge in [-0.25, -0.2) is 0 Å². The summed E-state index contributed by atoms with van der Waals surface area (Å²) in [5.74, 6) is 0.345. The van der Waals surface area contributed by atoms with Gasteiger partial charge in [-0.05, 0) is 6.07 Å². The molecule has 1 atom stereocenters. The lowest BCUT2D eigenvalue weighted by molar-refractivity contribution is -0.133. The molecule has 0 radical (unpaired) electrons. The molecule has 2 heterocycles. The molecule has 1 amide bonds. The molecule has 6 nitrogen and oxygen atoms in total. The van der Waals surface area contributed by atoms with E-state index in [0.717, 1.165) is 12.2 Å². The molecule has 0 saturated carbocycles. The zero-order valence-corrected chi connectivity index (χ0v) is 12.5. The average molecular weight is 293 g/mol. The molecule has 2 rings (SSSR count). The van der Waals surface area contributed by atoms with Gasteiger partial charge in [0, 0.05) is 32.3 Å². The SMILES string of the molecule is C=CCOCC1CN(C(=O)CCOC)Cc2ccnn2C1. The Morgan fingerprint density at radius 1 is 1.57 bits per heavy atom. The minimum Gasteiger partial charge on any atom is -0.384 e. The maximum atomic E-state index is 12.3. The molecular weight excluding hydrogens is 270 g/mol. The van der Waals surface area contributed by atoms with Crippen LogP contribution in [0.5, 0.6) is 0 Å². The van der Waals surface area contributed by atoms with Gasteiger partial charge < -0.3 is 14.4 Å². The predicted molar refractivity (Wildman–Crippen MR) is 78.6 cm³/mol. The van der Waals surface area contributed by atoms with Crippen molar-refractivity contribution in [2.45, 2.75) is 19.5 Å². The van der Waals surface area contributed by atoms with Crippen molar-refractivity contribution in [1.82, 2.24) is 14.7 Å². The van der Waals surface area contributed by atoms with E-state index in [0.29, 0.717) is 39.3 Å². The molecule has 1 aliphatic heterocycles. The van der Waals surface area contributed by atoms with Gasteiger partial charge in [-0.15, -0.1) is 6.58 Å². The standard InChI is InChI=1S/C15H23N3O3/c1-3-7-21-12-13-9-17(15(19)5-8-20-2)11-14-4-6-16-18(14)10-13/h3-4,6,13H,1,5,7-12H2,2H3. The number of carbonyl (C=O) groups excluding carboxylic acids is 1. The van der Waals surface area contributed by atoms with Crippen LogP contribution in [0.4, 0.5) is 0 Å². The van der Waals surface area contributed by atoms with E-state index in [1.165, 1.54) is 0 Å². The van der Waals surface area contributed by atoms with Crippen LogP contribution < -0.4 is 0 Å². The molecule has 21 heavy (non-hydrogen) atoms. The highest BCUT2D eigenvalue weighted by Crippen LogP contribution is 2.17. The van der Waals surface area contributed by atoms with Crippen molar-refractivity contribution in [1.29, 1.82) is 0 Å². The molecule has 6 heteroatoms. The van der Waals surface area contributed by atoms with Crippen LogP contribution >= 0.6 is 0 Å². The minimum atomic E-state index is 0.111. The maximum Gasteiger partial charge on any atom is 0.225 e. The Morgan fingerprint density at radius 3 is 3.19 bits per heavy atom. The number of fused-ring (bicyclic) bond motifs is 1. The molecule has 0 saturated heterocycles. The van der Waals surface area contributed by atoms with E-state index in [1.54, 1.807) is 19.4 Å². The summed E-state index contributed by atoms with van der Waals surface area (Å²) in [6.45, 7) is 7.27. The Morgan fingerprint density at radius 2 is 2.43 bits per heavy atom. The molecule has 116 valence electrons. The number of nitrogens with zero attached hydrogens (tertiary/aromatic N) is 3. The first-order valence-electron chi connectivity index (χ1n) is 7.20. The van der Waals surface area contributed by atoms with E-state index in [2.05, 4.69) is 11.7 Å². The van der Waals surface area contributed by atoms with Crippen LogP contribution in [0, 0.1) is 5.92 Å². The van der Waals surface area contributed by atoms with E-state index in [9.17, 15) is 4.79 Å². The van der Waals surface area contributed by atoms with Gasteiger partial charge in [0.2, 0.25) is 5.91 Å². The normalized spacial score (nSPS) is 18.1. The Hall–Kier alpha value is -1.66. The number of rotatable bonds is 7. The first-order chi connectivity index (χ1) is 10.2. The van der Waals surface area contributed by atoms with Gasteiger partial charge in [-0.3, -0.25) is 9.48 Å². The van der Waals surface area contributed by atoms with Crippen LogP contribution in [0.2, 0.25) is 0 Å². The zero-order valence-electron chi connectivity index (χ0n) is 12.5. The molecule has 1 unspecified atom stereocenters. The van der Waals surface area contributed by atoms with Gasteiger partial charge in [-0.2, -0.15) is 5.10 Å². The third-order valence-corrected chi connectivity index (χ3v) is 3.53. The highest BCUT2D eigenvalue weighted by molar-refractivity contribution is 5.76. The van der Waals surface area contributed by atoms with E-state index in [1.807, 2.05) is 15.6 Å². The Balaban J connectivity index is 2.03. The first-order valence-corrected chi connectivity index (χ1v) is 7.20. The van der Waals surface area contributed by atoms with Crippen molar-refractivity contribution < 1.29 is 14.3 Å². The van der Waals surface area contributed by atoms with Crippen molar-refractivity contribution in [3.05, 3.63) is 30.6 Å². The summed E-state index contributed by atoms with van der Waals surface area (Å²) < 4.78 is 12.5. The largest absolute Gasteiger partial charge is 0.384 e. The fraction of sp³-hybridized carbons (Fsp3) is 0.600. The second-order valence-corrected chi connectivity index (χ2v) is 5.21. The smallest absolute Gasteiger partial charge is 0.225 e. The molecule has 1 aromatic heterocycles. The van der Waals surface area contributed by atoms with E-state index in [-0.39, 0.29) is 11.8 Å². The molecule has 1 aromatic rings. The maximum absolute atomic E-state index is 12.3. The monoisotopic (exact) mass is 293 g/mol. The molecule has 0 aromatic carbocycles. The van der Waals surface area contributed by atoms with Crippen molar-refractivity contribution in [3.8, 4) is 0 Å². The minimum absolute atomic E-state index is 0.111. The number of aromatic nitrogens is 2. The van der Waals surface area contributed by atoms with Gasteiger partial charge in [0.15, 0.2) is 0 Å². The van der Waals surface area contributed by atoms with E-state index < -0.39 is 0 Å². The highest BCUT2D eigenvalue weighted by atomic mass is 16.5. The summed E-state index contributed by atoms with van der Waals surface area (Å²) in [6, 6.07) is 1.96. The quantitative estimate of drug-likeness (QED) is 0.557. The number of ether oxygens (including phenoxy) is 2. The van der Waals surface area contributed by atoms with Crippen molar-refractivity contribution in [2.75, 3.05) is 33.5 Å². The number of amides is 1. The van der Waals surface area contributed by atoms with Crippen LogP contribution in [-0.4, -0.2) is 54.1 Å². The molecular formula is C15H23N3O3. The lowest BCUT2D eigenvalue weighted by Crippen LogP contribution is -2.35. The summed E-state index contributed by atoms with van der Waals surface area (Å²) in [5, 5.41) is 4.33. The van der Waals surface area contributed by atoms with Gasteiger partial charge in [0.1, 0.15) is 0 Å². The third kappa shape index (κ3) is 4.41. The van der Waals surface area contributed by atoms with E-state index >= 15 is 0 Å². The lowest BCUT2D eigenvalue weighted by atomic mass is 10.1. The molecule has 0 N–H and O–H groups in total. The predicted octanol–water partition coefficient (Wildman–Crippen LogP) is 1.08. The molecule has 0 bridgehead atoms. The second-order valence-electron chi connectivity index (χ2n) is 5.21. The number of hydrogen-bond acceptors (Lipinski definition) is 4. The zero-order chi connectivity index (χ0) is 15.1. The van der Waals surface area contributed by atoms with Crippen LogP contribution in [-0.2, 0) is 27.4 Å². The molecule has 0 spiro atoms. The lowest BCUT2D eigenvalue weighted by Gasteiger charge is -2.24. The van der Waals surface area contributed by atoms with Gasteiger partial charge in [-0.1, -0.05) is 6.08 Å². The summed E-state index contributed by atoms with van der Waals surface area (Å²) in [5.41, 5.74) is 1.06. The van der Waals surface area contributed by atoms with Gasteiger partial charge >= 0.3 is 0 Å². The second kappa shape index (κ2) is 7.95. The van der Waals surface area contributed by atoms with Gasteiger partial charge in [0.05, 0.1) is 38.5 Å². The van der Waals surface area contributed by atoms with Gasteiger partial charge in [0.25, 0.3) is 0 Å². The van der Waals surface area contributed by atoms with Crippen LogP contribution in [0.1, 0.15) is 12.1 Å². The summed E-state index contributed by atoms with van der Waals surface area (Å²) in [4.78, 5) is 14.2. The first kappa shape index (κ1) is 15.7. The molecule has 0 aliphatic carbocycles. The average Bonchev–Trinajstić information content (AvgIpc) is 2.83. The van der Waals surface area contributed by atoms with E-state index in [4.69, 9.17) is 9.47 Å². The number of methoxy groups -OCH3 is 1. The number of hydrogen-bond donors (Lipinski definition) is 0. The Labute approximate surface area is 125 Å². The van der Waals surface area contributed by atoms with Crippen LogP contribution in [0.25, 0.3) is 0 Å². The fourth-order valence-corrected chi connectivity index (χ4v) is 2.49.